The molecule has 0 saturated heterocycles. The summed E-state index contributed by atoms with van der Waals surface area (Å²) in [6.45, 7) is 6.83. The van der Waals surface area contributed by atoms with Gasteiger partial charge < -0.3 is 10.2 Å². The Morgan fingerprint density at radius 2 is 1.44 bits per heavy atom. The highest BCUT2D eigenvalue weighted by molar-refractivity contribution is 7.92. The maximum absolute atomic E-state index is 14.5. The van der Waals surface area contributed by atoms with E-state index in [1.165, 1.54) is 17.0 Å². The van der Waals surface area contributed by atoms with Gasteiger partial charge in [-0.15, -0.1) is 0 Å². The highest BCUT2D eigenvalue weighted by atomic mass is 35.5. The number of hydrogen-bond donors (Lipinski definition) is 1. The Kier molecular flexibility index (Phi) is 11.0. The number of aryl methyl sites for hydroxylation is 1. The van der Waals surface area contributed by atoms with Crippen LogP contribution in [0, 0.1) is 6.92 Å². The van der Waals surface area contributed by atoms with Gasteiger partial charge in [0.25, 0.3) is 10.0 Å². The molecule has 0 spiro atoms. The molecule has 0 fully saturated rings. The van der Waals surface area contributed by atoms with E-state index in [0.29, 0.717) is 21.3 Å². The molecule has 4 aromatic rings. The van der Waals surface area contributed by atoms with Crippen LogP contribution in [-0.2, 0) is 32.6 Å². The average Bonchev–Trinajstić information content (AvgIpc) is 2.98. The van der Waals surface area contributed by atoms with Gasteiger partial charge in [-0.25, -0.2) is 8.42 Å². The molecule has 0 saturated carbocycles. The largest absolute Gasteiger partial charge is 0.350 e. The fourth-order valence-electron chi connectivity index (χ4n) is 4.80. The molecule has 4 aromatic carbocycles. The molecule has 0 aliphatic heterocycles. The number of halogens is 2. The minimum Gasteiger partial charge on any atom is -0.350 e. The Bertz CT molecular complexity index is 1730. The zero-order valence-electron chi connectivity index (χ0n) is 25.7. The SMILES string of the molecule is Cc1ccc(S(=O)(=O)N(CC(=O)N(Cc2ccc(Cl)cc2Cl)C(Cc2ccccc2)C(=O)NC(C)(C)C)c2ccccc2)cc1. The quantitative estimate of drug-likeness (QED) is 0.186. The van der Waals surface area contributed by atoms with Gasteiger partial charge in [0.2, 0.25) is 11.8 Å². The Balaban J connectivity index is 1.82. The van der Waals surface area contributed by atoms with Crippen molar-refractivity contribution in [1.29, 1.82) is 0 Å². The molecule has 2 amide bonds. The number of anilines is 1. The van der Waals surface area contributed by atoms with E-state index in [4.69, 9.17) is 23.2 Å². The number of amides is 2. The summed E-state index contributed by atoms with van der Waals surface area (Å²) in [6, 6.07) is 28.2. The van der Waals surface area contributed by atoms with Crippen LogP contribution in [0.5, 0.6) is 0 Å². The Labute approximate surface area is 275 Å². The molecule has 0 heterocycles. The molecule has 7 nitrogen and oxygen atoms in total. The highest BCUT2D eigenvalue weighted by Crippen LogP contribution is 2.27. The lowest BCUT2D eigenvalue weighted by atomic mass is 10.0. The van der Waals surface area contributed by atoms with Crippen molar-refractivity contribution in [3.63, 3.8) is 0 Å². The summed E-state index contributed by atoms with van der Waals surface area (Å²) < 4.78 is 29.2. The first-order valence-corrected chi connectivity index (χ1v) is 16.7. The van der Waals surface area contributed by atoms with Crippen molar-refractivity contribution >= 4 is 50.7 Å². The average molecular weight is 667 g/mol. The zero-order valence-corrected chi connectivity index (χ0v) is 28.0. The van der Waals surface area contributed by atoms with Crippen molar-refractivity contribution in [2.45, 2.75) is 57.1 Å². The van der Waals surface area contributed by atoms with Crippen LogP contribution in [0.3, 0.4) is 0 Å². The van der Waals surface area contributed by atoms with Crippen molar-refractivity contribution in [3.8, 4) is 0 Å². The summed E-state index contributed by atoms with van der Waals surface area (Å²) in [5.41, 5.74) is 2.01. The second-order valence-corrected chi connectivity index (χ2v) is 14.6. The standard InChI is InChI=1S/C35H37Cl2N3O4S/c1-25-15-19-30(20-16-25)45(43,44)40(29-13-9-6-10-14-29)24-33(41)39(23-27-17-18-28(36)22-31(27)37)32(34(42)38-35(2,3)4)21-26-11-7-5-8-12-26/h5-20,22,32H,21,23-24H2,1-4H3,(H,38,42). The predicted octanol–water partition coefficient (Wildman–Crippen LogP) is 7.05. The zero-order chi connectivity index (χ0) is 32.8. The van der Waals surface area contributed by atoms with Crippen LogP contribution in [0.2, 0.25) is 10.0 Å². The van der Waals surface area contributed by atoms with Crippen LogP contribution in [0.1, 0.15) is 37.5 Å². The molecule has 45 heavy (non-hydrogen) atoms. The molecule has 4 rings (SSSR count). The predicted molar refractivity (Wildman–Crippen MR) is 181 cm³/mol. The Morgan fingerprint density at radius 3 is 2.02 bits per heavy atom. The van der Waals surface area contributed by atoms with Crippen LogP contribution in [-0.4, -0.2) is 43.3 Å². The van der Waals surface area contributed by atoms with Gasteiger partial charge in [-0.05, 0) is 75.2 Å². The van der Waals surface area contributed by atoms with E-state index in [2.05, 4.69) is 5.32 Å². The van der Waals surface area contributed by atoms with E-state index in [0.717, 1.165) is 15.4 Å². The number of benzene rings is 4. The molecule has 1 N–H and O–H groups in total. The first kappa shape index (κ1) is 34.0. The maximum Gasteiger partial charge on any atom is 0.264 e. The molecule has 0 aromatic heterocycles. The van der Waals surface area contributed by atoms with Gasteiger partial charge in [-0.1, -0.05) is 95.5 Å². The number of rotatable bonds is 11. The van der Waals surface area contributed by atoms with Crippen LogP contribution >= 0.6 is 23.2 Å². The summed E-state index contributed by atoms with van der Waals surface area (Å²) in [4.78, 5) is 29.9. The van der Waals surface area contributed by atoms with E-state index < -0.39 is 34.1 Å². The first-order chi connectivity index (χ1) is 21.2. The fraction of sp³-hybridized carbons (Fsp3) is 0.257. The van der Waals surface area contributed by atoms with E-state index in [1.807, 2.05) is 58.0 Å². The number of sulfonamides is 1. The topological polar surface area (TPSA) is 86.8 Å². The monoisotopic (exact) mass is 665 g/mol. The van der Waals surface area contributed by atoms with Crippen molar-refractivity contribution < 1.29 is 18.0 Å². The second kappa shape index (κ2) is 14.5. The van der Waals surface area contributed by atoms with Crippen molar-refractivity contribution in [3.05, 3.63) is 130 Å². The lowest BCUT2D eigenvalue weighted by Gasteiger charge is -2.35. The van der Waals surface area contributed by atoms with Gasteiger partial charge in [-0.2, -0.15) is 0 Å². The normalized spacial score (nSPS) is 12.3. The van der Waals surface area contributed by atoms with Gasteiger partial charge in [-0.3, -0.25) is 13.9 Å². The summed E-state index contributed by atoms with van der Waals surface area (Å²) in [7, 11) is -4.18. The molecule has 0 radical (unpaired) electrons. The van der Waals surface area contributed by atoms with Crippen LogP contribution in [0.4, 0.5) is 5.69 Å². The van der Waals surface area contributed by atoms with Crippen LogP contribution in [0.15, 0.2) is 108 Å². The molecule has 236 valence electrons. The van der Waals surface area contributed by atoms with Crippen LogP contribution < -0.4 is 9.62 Å². The third kappa shape index (κ3) is 9.10. The fourth-order valence-corrected chi connectivity index (χ4v) is 6.68. The number of carbonyl (C=O) groups is 2. The van der Waals surface area contributed by atoms with Gasteiger partial charge >= 0.3 is 0 Å². The summed E-state index contributed by atoms with van der Waals surface area (Å²) in [5.74, 6) is -0.956. The number of nitrogens with one attached hydrogen (secondary N) is 1. The van der Waals surface area contributed by atoms with Gasteiger partial charge in [0, 0.05) is 28.5 Å². The van der Waals surface area contributed by atoms with E-state index in [9.17, 15) is 18.0 Å². The molecular weight excluding hydrogens is 629 g/mol. The molecule has 10 heteroatoms. The number of carbonyl (C=O) groups excluding carboxylic acids is 2. The molecule has 0 aliphatic carbocycles. The van der Waals surface area contributed by atoms with Gasteiger partial charge in [0.15, 0.2) is 0 Å². The Hall–Kier alpha value is -3.85. The van der Waals surface area contributed by atoms with E-state index in [-0.39, 0.29) is 23.8 Å². The molecule has 1 unspecified atom stereocenters. The molecular formula is C35H37Cl2N3O4S. The van der Waals surface area contributed by atoms with Gasteiger partial charge in [0.05, 0.1) is 10.6 Å². The Morgan fingerprint density at radius 1 is 0.844 bits per heavy atom. The van der Waals surface area contributed by atoms with Crippen molar-refractivity contribution in [2.24, 2.45) is 0 Å². The smallest absolute Gasteiger partial charge is 0.264 e. The maximum atomic E-state index is 14.5. The summed E-state index contributed by atoms with van der Waals surface area (Å²) in [5, 5.41) is 3.76. The third-order valence-electron chi connectivity index (χ3n) is 7.06. The summed E-state index contributed by atoms with van der Waals surface area (Å²) >= 11 is 12.7. The molecule has 0 aliphatic rings. The molecule has 0 bridgehead atoms. The van der Waals surface area contributed by atoms with E-state index in [1.54, 1.807) is 60.7 Å². The minimum atomic E-state index is -4.18. The number of nitrogens with zero attached hydrogens (tertiary/aromatic N) is 2. The van der Waals surface area contributed by atoms with Crippen LogP contribution in [0.25, 0.3) is 0 Å². The molecule has 1 atom stereocenters. The van der Waals surface area contributed by atoms with Gasteiger partial charge in [0.1, 0.15) is 12.6 Å². The lowest BCUT2D eigenvalue weighted by molar-refractivity contribution is -0.140. The van der Waals surface area contributed by atoms with Crippen molar-refractivity contribution in [1.82, 2.24) is 10.2 Å². The number of para-hydroxylation sites is 1. The van der Waals surface area contributed by atoms with Crippen molar-refractivity contribution in [2.75, 3.05) is 10.8 Å². The minimum absolute atomic E-state index is 0.0448. The second-order valence-electron chi connectivity index (χ2n) is 11.9. The lowest BCUT2D eigenvalue weighted by Crippen LogP contribution is -2.56. The van der Waals surface area contributed by atoms with E-state index >= 15 is 0 Å². The number of hydrogen-bond acceptors (Lipinski definition) is 4. The first-order valence-electron chi connectivity index (χ1n) is 14.5. The third-order valence-corrected chi connectivity index (χ3v) is 9.43. The highest BCUT2D eigenvalue weighted by Gasteiger charge is 2.35. The summed E-state index contributed by atoms with van der Waals surface area (Å²) in [6.07, 6.45) is 0.190.